The van der Waals surface area contributed by atoms with Crippen LogP contribution in [0.15, 0.2) is 34.9 Å². The molecule has 0 bridgehead atoms. The summed E-state index contributed by atoms with van der Waals surface area (Å²) in [7, 11) is 0. The monoisotopic (exact) mass is 360 g/mol. The van der Waals surface area contributed by atoms with Crippen molar-refractivity contribution in [3.63, 3.8) is 0 Å². The van der Waals surface area contributed by atoms with E-state index < -0.39 is 0 Å². The summed E-state index contributed by atoms with van der Waals surface area (Å²) in [6, 6.07) is 7.43. The molecule has 0 spiro atoms. The van der Waals surface area contributed by atoms with Crippen LogP contribution < -0.4 is 5.32 Å². The number of thiophene rings is 1. The van der Waals surface area contributed by atoms with Gasteiger partial charge >= 0.3 is 0 Å². The number of hydrogen-bond acceptors (Lipinski definition) is 4. The number of hydrogen-bond donors (Lipinski definition) is 1. The Morgan fingerprint density at radius 2 is 1.92 bits per heavy atom. The summed E-state index contributed by atoms with van der Waals surface area (Å²) in [5.74, 6) is 0.273. The quantitative estimate of drug-likeness (QED) is 0.908. The minimum atomic E-state index is -0.0807. The lowest BCUT2D eigenvalue weighted by molar-refractivity contribution is 0.0667. The van der Waals surface area contributed by atoms with E-state index in [0.717, 1.165) is 17.7 Å². The van der Waals surface area contributed by atoms with Crippen molar-refractivity contribution in [2.45, 2.75) is 45.1 Å². The summed E-state index contributed by atoms with van der Waals surface area (Å²) in [4.78, 5) is 28.4. The van der Waals surface area contributed by atoms with E-state index >= 15 is 0 Å². The minimum Gasteiger partial charge on any atom is -0.459 e. The van der Waals surface area contributed by atoms with Gasteiger partial charge < -0.3 is 14.6 Å². The van der Waals surface area contributed by atoms with Crippen LogP contribution in [0.4, 0.5) is 0 Å². The summed E-state index contributed by atoms with van der Waals surface area (Å²) in [6.45, 7) is 7.69. The van der Waals surface area contributed by atoms with Crippen LogP contribution in [-0.2, 0) is 5.41 Å². The van der Waals surface area contributed by atoms with Crippen LogP contribution in [0.3, 0.4) is 0 Å². The predicted molar refractivity (Wildman–Crippen MR) is 98.1 cm³/mol. The molecule has 0 atom stereocenters. The number of nitrogens with one attached hydrogen (secondary N) is 1. The van der Waals surface area contributed by atoms with Crippen molar-refractivity contribution in [3.8, 4) is 0 Å². The van der Waals surface area contributed by atoms with E-state index in [1.165, 1.54) is 11.1 Å². The second-order valence-corrected chi connectivity index (χ2v) is 8.51. The number of carbonyl (C=O) groups excluding carboxylic acids is 2. The highest BCUT2D eigenvalue weighted by Crippen LogP contribution is 2.29. The average molecular weight is 360 g/mol. The topological polar surface area (TPSA) is 62.6 Å². The summed E-state index contributed by atoms with van der Waals surface area (Å²) < 4.78 is 5.17. The smallest absolute Gasteiger partial charge is 0.289 e. The zero-order chi connectivity index (χ0) is 18.0. The highest BCUT2D eigenvalue weighted by Gasteiger charge is 2.26. The van der Waals surface area contributed by atoms with Gasteiger partial charge in [-0.2, -0.15) is 0 Å². The molecule has 2 amide bonds. The Balaban J connectivity index is 1.53. The summed E-state index contributed by atoms with van der Waals surface area (Å²) in [6.07, 6.45) is 3.03. The molecular formula is C19H24N2O3S. The van der Waals surface area contributed by atoms with Gasteiger partial charge in [0.15, 0.2) is 5.76 Å². The van der Waals surface area contributed by atoms with Crippen molar-refractivity contribution in [3.05, 3.63) is 46.0 Å². The Morgan fingerprint density at radius 1 is 1.20 bits per heavy atom. The first-order valence-corrected chi connectivity index (χ1v) is 9.40. The summed E-state index contributed by atoms with van der Waals surface area (Å²) >= 11 is 1.55. The number of nitrogens with zero attached hydrogens (tertiary/aromatic N) is 1. The number of carbonyl (C=O) groups is 2. The van der Waals surface area contributed by atoms with E-state index in [2.05, 4.69) is 26.1 Å². The van der Waals surface area contributed by atoms with Gasteiger partial charge in [-0.05, 0) is 42.5 Å². The van der Waals surface area contributed by atoms with E-state index in [9.17, 15) is 9.59 Å². The van der Waals surface area contributed by atoms with Crippen LogP contribution in [0.1, 0.15) is 58.7 Å². The Bertz CT molecular complexity index is 735. The third kappa shape index (κ3) is 4.12. The third-order valence-corrected chi connectivity index (χ3v) is 5.93. The maximum atomic E-state index is 12.5. The molecule has 25 heavy (non-hydrogen) atoms. The first kappa shape index (κ1) is 17.7. The summed E-state index contributed by atoms with van der Waals surface area (Å²) in [5.41, 5.74) is 0.0563. The number of piperidine rings is 1. The molecule has 0 unspecified atom stereocenters. The molecule has 2 aromatic heterocycles. The third-order valence-electron chi connectivity index (χ3n) is 4.42. The van der Waals surface area contributed by atoms with E-state index in [4.69, 9.17) is 4.42 Å². The van der Waals surface area contributed by atoms with Gasteiger partial charge in [-0.1, -0.05) is 20.8 Å². The number of rotatable bonds is 3. The van der Waals surface area contributed by atoms with Crippen LogP contribution in [-0.4, -0.2) is 35.8 Å². The van der Waals surface area contributed by atoms with Crippen LogP contribution in [0, 0.1) is 0 Å². The van der Waals surface area contributed by atoms with E-state index in [1.54, 1.807) is 28.4 Å². The molecule has 0 saturated carbocycles. The molecular weight excluding hydrogens is 336 g/mol. The van der Waals surface area contributed by atoms with Crippen LogP contribution in [0.5, 0.6) is 0 Å². The van der Waals surface area contributed by atoms with Crippen molar-refractivity contribution >= 4 is 23.2 Å². The van der Waals surface area contributed by atoms with E-state index in [-0.39, 0.29) is 23.3 Å². The lowest BCUT2D eigenvalue weighted by Gasteiger charge is -2.31. The molecule has 6 heteroatoms. The van der Waals surface area contributed by atoms with Gasteiger partial charge in [0, 0.05) is 24.0 Å². The lowest BCUT2D eigenvalue weighted by Crippen LogP contribution is -2.46. The average Bonchev–Trinajstić information content (AvgIpc) is 3.26. The van der Waals surface area contributed by atoms with Gasteiger partial charge in [0.05, 0.1) is 11.1 Å². The fourth-order valence-corrected chi connectivity index (χ4v) is 3.87. The molecule has 1 N–H and O–H groups in total. The Morgan fingerprint density at radius 3 is 2.48 bits per heavy atom. The van der Waals surface area contributed by atoms with Gasteiger partial charge in [-0.25, -0.2) is 0 Å². The molecule has 1 saturated heterocycles. The molecule has 0 aromatic carbocycles. The van der Waals surface area contributed by atoms with Crippen LogP contribution in [0.25, 0.3) is 0 Å². The van der Waals surface area contributed by atoms with Crippen LogP contribution >= 0.6 is 11.3 Å². The largest absolute Gasteiger partial charge is 0.459 e. The molecule has 5 nitrogen and oxygen atoms in total. The molecule has 0 radical (unpaired) electrons. The Labute approximate surface area is 152 Å². The molecule has 1 fully saturated rings. The lowest BCUT2D eigenvalue weighted by atomic mass is 9.95. The first-order chi connectivity index (χ1) is 11.8. The molecule has 3 rings (SSSR count). The molecule has 3 heterocycles. The Hall–Kier alpha value is -2.08. The van der Waals surface area contributed by atoms with Gasteiger partial charge in [0.25, 0.3) is 11.8 Å². The van der Waals surface area contributed by atoms with Crippen LogP contribution in [0.2, 0.25) is 0 Å². The Kier molecular flexibility index (Phi) is 4.99. The highest BCUT2D eigenvalue weighted by atomic mass is 32.1. The van der Waals surface area contributed by atoms with Gasteiger partial charge in [-0.15, -0.1) is 11.3 Å². The fourth-order valence-electron chi connectivity index (χ4n) is 2.90. The van der Waals surface area contributed by atoms with Crippen molar-refractivity contribution < 1.29 is 14.0 Å². The molecule has 2 aromatic rings. The maximum absolute atomic E-state index is 12.5. The highest BCUT2D eigenvalue weighted by molar-refractivity contribution is 7.14. The fraction of sp³-hybridized carbons (Fsp3) is 0.474. The zero-order valence-corrected chi connectivity index (χ0v) is 15.7. The van der Waals surface area contributed by atoms with Crippen molar-refractivity contribution in [2.24, 2.45) is 0 Å². The second kappa shape index (κ2) is 7.04. The number of likely N-dealkylation sites (tertiary alicyclic amines) is 1. The SMILES string of the molecule is CC(C)(C)c1ccc(C(=O)NC2CCN(C(=O)c3ccco3)CC2)s1. The predicted octanol–water partition coefficient (Wildman–Crippen LogP) is 3.67. The molecule has 0 aliphatic carbocycles. The normalized spacial score (nSPS) is 16.0. The summed E-state index contributed by atoms with van der Waals surface area (Å²) in [5, 5.41) is 3.10. The minimum absolute atomic E-state index is 0.0173. The van der Waals surface area contributed by atoms with Crippen molar-refractivity contribution in [1.82, 2.24) is 10.2 Å². The molecule has 134 valence electrons. The van der Waals surface area contributed by atoms with E-state index in [1.807, 2.05) is 12.1 Å². The first-order valence-electron chi connectivity index (χ1n) is 8.58. The van der Waals surface area contributed by atoms with Crippen molar-refractivity contribution in [2.75, 3.05) is 13.1 Å². The second-order valence-electron chi connectivity index (χ2n) is 7.43. The number of amides is 2. The van der Waals surface area contributed by atoms with Gasteiger partial charge in [0.2, 0.25) is 0 Å². The maximum Gasteiger partial charge on any atom is 0.289 e. The zero-order valence-electron chi connectivity index (χ0n) is 14.9. The van der Waals surface area contributed by atoms with Crippen molar-refractivity contribution in [1.29, 1.82) is 0 Å². The molecule has 1 aliphatic rings. The van der Waals surface area contributed by atoms with E-state index in [0.29, 0.717) is 18.8 Å². The van der Waals surface area contributed by atoms with Gasteiger partial charge in [-0.3, -0.25) is 9.59 Å². The van der Waals surface area contributed by atoms with Gasteiger partial charge in [0.1, 0.15) is 0 Å². The molecule has 1 aliphatic heterocycles. The number of furan rings is 1. The standard InChI is InChI=1S/C19H24N2O3S/c1-19(2,3)16-7-6-15(25-16)17(22)20-13-8-10-21(11-9-13)18(23)14-5-4-12-24-14/h4-7,12-13H,8-11H2,1-3H3,(H,20,22).